The zero-order valence-electron chi connectivity index (χ0n) is 12.5. The van der Waals surface area contributed by atoms with Gasteiger partial charge < -0.3 is 10.2 Å². The van der Waals surface area contributed by atoms with Crippen LogP contribution in [0.15, 0.2) is 46.9 Å². The summed E-state index contributed by atoms with van der Waals surface area (Å²) in [5.74, 6) is 1.77. The van der Waals surface area contributed by atoms with E-state index in [9.17, 15) is 0 Å². The lowest BCUT2D eigenvalue weighted by Gasteiger charge is -2.28. The molecule has 1 unspecified atom stereocenters. The van der Waals surface area contributed by atoms with E-state index in [1.54, 1.807) is 0 Å². The molecule has 0 spiro atoms. The minimum absolute atomic E-state index is 0.0881. The lowest BCUT2D eigenvalue weighted by atomic mass is 10.1. The van der Waals surface area contributed by atoms with E-state index >= 15 is 0 Å². The smallest absolute Gasteiger partial charge is 0.122 e. The zero-order chi connectivity index (χ0) is 14.5. The van der Waals surface area contributed by atoms with Gasteiger partial charge in [0.15, 0.2) is 0 Å². The lowest BCUT2D eigenvalue weighted by molar-refractivity contribution is 0.192. The second-order valence-electron chi connectivity index (χ2n) is 5.56. The molecule has 1 aromatic carbocycles. The lowest BCUT2D eigenvalue weighted by Crippen LogP contribution is -2.36. The van der Waals surface area contributed by atoms with E-state index in [0.717, 1.165) is 24.6 Å². The van der Waals surface area contributed by atoms with Crippen molar-refractivity contribution in [3.8, 4) is 0 Å². The van der Waals surface area contributed by atoms with Crippen LogP contribution in [0.2, 0.25) is 0 Å². The minimum atomic E-state index is -0.0881. The predicted molar refractivity (Wildman–Crippen MR) is 82.4 cm³/mol. The van der Waals surface area contributed by atoms with Crippen LogP contribution < -0.4 is 5.73 Å². The van der Waals surface area contributed by atoms with Gasteiger partial charge in [-0.1, -0.05) is 30.3 Å². The first kappa shape index (κ1) is 14.8. The summed E-state index contributed by atoms with van der Waals surface area (Å²) in [6.07, 6.45) is 0. The Labute approximate surface area is 121 Å². The Morgan fingerprint density at radius 1 is 1.10 bits per heavy atom. The molecule has 3 heteroatoms. The van der Waals surface area contributed by atoms with Gasteiger partial charge in [0.25, 0.3) is 0 Å². The second kappa shape index (κ2) is 6.73. The van der Waals surface area contributed by atoms with Crippen molar-refractivity contribution < 1.29 is 4.42 Å². The Bertz CT molecular complexity index is 519. The van der Waals surface area contributed by atoms with Crippen molar-refractivity contribution in [1.82, 2.24) is 4.90 Å². The number of hydrogen-bond acceptors (Lipinski definition) is 3. The van der Waals surface area contributed by atoms with Gasteiger partial charge in [-0.3, -0.25) is 4.90 Å². The third-order valence-electron chi connectivity index (χ3n) is 3.52. The normalized spacial score (nSPS) is 13.1. The van der Waals surface area contributed by atoms with Gasteiger partial charge in [0.05, 0.1) is 6.04 Å². The number of hydrogen-bond donors (Lipinski definition) is 1. The molecule has 108 valence electrons. The summed E-state index contributed by atoms with van der Waals surface area (Å²) >= 11 is 0. The topological polar surface area (TPSA) is 42.4 Å². The highest BCUT2D eigenvalue weighted by molar-refractivity contribution is 5.15. The SMILES string of the molecule is Cc1ccc(C(N)CN(Cc2ccccc2)C(C)C)o1. The molecule has 0 aliphatic carbocycles. The third-order valence-corrected chi connectivity index (χ3v) is 3.52. The summed E-state index contributed by atoms with van der Waals surface area (Å²) in [5.41, 5.74) is 7.57. The summed E-state index contributed by atoms with van der Waals surface area (Å²) in [7, 11) is 0. The van der Waals surface area contributed by atoms with Crippen LogP contribution in [0.25, 0.3) is 0 Å². The van der Waals surface area contributed by atoms with E-state index < -0.39 is 0 Å². The van der Waals surface area contributed by atoms with Crippen LogP contribution in [0.1, 0.15) is 37.0 Å². The molecule has 2 aromatic rings. The number of furan rings is 1. The summed E-state index contributed by atoms with van der Waals surface area (Å²) in [6.45, 7) is 8.04. The van der Waals surface area contributed by atoms with Crippen molar-refractivity contribution in [1.29, 1.82) is 0 Å². The van der Waals surface area contributed by atoms with Crippen molar-refractivity contribution >= 4 is 0 Å². The van der Waals surface area contributed by atoms with Gasteiger partial charge in [-0.25, -0.2) is 0 Å². The van der Waals surface area contributed by atoms with Crippen LogP contribution in [0.5, 0.6) is 0 Å². The third kappa shape index (κ3) is 3.95. The Hall–Kier alpha value is -1.58. The zero-order valence-corrected chi connectivity index (χ0v) is 12.5. The van der Waals surface area contributed by atoms with Crippen LogP contribution in [-0.4, -0.2) is 17.5 Å². The molecule has 0 saturated heterocycles. The molecule has 2 N–H and O–H groups in total. The Kier molecular flexibility index (Phi) is 4.99. The van der Waals surface area contributed by atoms with Gasteiger partial charge in [0, 0.05) is 19.1 Å². The maximum absolute atomic E-state index is 6.27. The second-order valence-corrected chi connectivity index (χ2v) is 5.56. The summed E-state index contributed by atoms with van der Waals surface area (Å²) < 4.78 is 5.62. The van der Waals surface area contributed by atoms with Crippen molar-refractivity contribution in [3.05, 3.63) is 59.5 Å². The maximum Gasteiger partial charge on any atom is 0.122 e. The standard InChI is InChI=1S/C17H24N2O/c1-13(2)19(11-15-7-5-4-6-8-15)12-16(18)17-10-9-14(3)20-17/h4-10,13,16H,11-12,18H2,1-3H3. The van der Waals surface area contributed by atoms with Gasteiger partial charge in [-0.05, 0) is 38.5 Å². The molecule has 0 radical (unpaired) electrons. The highest BCUT2D eigenvalue weighted by atomic mass is 16.3. The maximum atomic E-state index is 6.27. The highest BCUT2D eigenvalue weighted by Gasteiger charge is 2.17. The predicted octanol–water partition coefficient (Wildman–Crippen LogP) is 3.50. The average molecular weight is 272 g/mol. The number of aryl methyl sites for hydroxylation is 1. The van der Waals surface area contributed by atoms with Crippen LogP contribution in [0.3, 0.4) is 0 Å². The number of nitrogens with two attached hydrogens (primary N) is 1. The summed E-state index contributed by atoms with van der Waals surface area (Å²) in [4.78, 5) is 2.37. The van der Waals surface area contributed by atoms with Gasteiger partial charge in [-0.2, -0.15) is 0 Å². The van der Waals surface area contributed by atoms with Gasteiger partial charge in [-0.15, -0.1) is 0 Å². The molecule has 1 heterocycles. The fraction of sp³-hybridized carbons (Fsp3) is 0.412. The van der Waals surface area contributed by atoms with Gasteiger partial charge in [0.1, 0.15) is 11.5 Å². The average Bonchev–Trinajstić information content (AvgIpc) is 2.86. The minimum Gasteiger partial charge on any atom is -0.465 e. The molecule has 2 rings (SSSR count). The van der Waals surface area contributed by atoms with Crippen molar-refractivity contribution in [2.75, 3.05) is 6.54 Å². The molecule has 1 aromatic heterocycles. The monoisotopic (exact) mass is 272 g/mol. The molecule has 3 nitrogen and oxygen atoms in total. The first-order valence-corrected chi connectivity index (χ1v) is 7.16. The fourth-order valence-corrected chi connectivity index (χ4v) is 2.27. The number of rotatable bonds is 6. The van der Waals surface area contributed by atoms with Crippen molar-refractivity contribution in [2.45, 2.75) is 39.4 Å². The molecule has 0 aliphatic heterocycles. The highest BCUT2D eigenvalue weighted by Crippen LogP contribution is 2.18. The molecule has 0 fully saturated rings. The molecule has 0 saturated carbocycles. The van der Waals surface area contributed by atoms with Gasteiger partial charge in [0.2, 0.25) is 0 Å². The first-order valence-electron chi connectivity index (χ1n) is 7.16. The largest absolute Gasteiger partial charge is 0.465 e. The number of benzene rings is 1. The van der Waals surface area contributed by atoms with Crippen LogP contribution in [0, 0.1) is 6.92 Å². The molecule has 0 aliphatic rings. The van der Waals surface area contributed by atoms with E-state index in [1.807, 2.05) is 25.1 Å². The van der Waals surface area contributed by atoms with Crippen LogP contribution in [-0.2, 0) is 6.54 Å². The fourth-order valence-electron chi connectivity index (χ4n) is 2.27. The molecule has 0 bridgehead atoms. The van der Waals surface area contributed by atoms with Crippen molar-refractivity contribution in [3.63, 3.8) is 0 Å². The van der Waals surface area contributed by atoms with Crippen LogP contribution >= 0.6 is 0 Å². The van der Waals surface area contributed by atoms with Crippen molar-refractivity contribution in [2.24, 2.45) is 5.73 Å². The number of nitrogens with zero attached hydrogens (tertiary/aromatic N) is 1. The van der Waals surface area contributed by atoms with E-state index in [1.165, 1.54) is 5.56 Å². The summed E-state index contributed by atoms with van der Waals surface area (Å²) in [5, 5.41) is 0. The quantitative estimate of drug-likeness (QED) is 0.875. The van der Waals surface area contributed by atoms with E-state index in [0.29, 0.717) is 6.04 Å². The van der Waals surface area contributed by atoms with Crippen LogP contribution in [0.4, 0.5) is 0 Å². The van der Waals surface area contributed by atoms with E-state index in [-0.39, 0.29) is 6.04 Å². The Balaban J connectivity index is 2.02. The molecule has 0 amide bonds. The molecule has 20 heavy (non-hydrogen) atoms. The molecule has 1 atom stereocenters. The van der Waals surface area contributed by atoms with E-state index in [4.69, 9.17) is 10.2 Å². The Morgan fingerprint density at radius 2 is 1.80 bits per heavy atom. The van der Waals surface area contributed by atoms with Gasteiger partial charge >= 0.3 is 0 Å². The summed E-state index contributed by atoms with van der Waals surface area (Å²) in [6, 6.07) is 14.8. The molecular weight excluding hydrogens is 248 g/mol. The first-order chi connectivity index (χ1) is 9.56. The van der Waals surface area contributed by atoms with E-state index in [2.05, 4.69) is 43.0 Å². The Morgan fingerprint density at radius 3 is 2.35 bits per heavy atom. The molecular formula is C17H24N2O.